The standard InChI is InChI=1S/C23H18FN3O7S4/c24-18-5-1-2-6-19(18)25-20(28)14-34-23(29)15-11-16(26-37(30,31)21-7-3-9-35-21)13-17(12-15)27-38(32,33)22-8-4-10-36-22/h1-13,26-27H,14H2,(H,25,28). The van der Waals surface area contributed by atoms with Crippen LogP contribution in [0.15, 0.2) is 85.9 Å². The Bertz CT molecular complexity index is 1590. The summed E-state index contributed by atoms with van der Waals surface area (Å²) in [5.74, 6) is -2.56. The molecule has 0 saturated carbocycles. The quantitative estimate of drug-likeness (QED) is 0.231. The van der Waals surface area contributed by atoms with Crippen LogP contribution in [0.4, 0.5) is 21.5 Å². The van der Waals surface area contributed by atoms with Crippen molar-refractivity contribution in [3.05, 3.63) is 88.9 Å². The van der Waals surface area contributed by atoms with Crippen LogP contribution >= 0.6 is 22.7 Å². The van der Waals surface area contributed by atoms with Gasteiger partial charge in [0.05, 0.1) is 22.6 Å². The van der Waals surface area contributed by atoms with Crippen molar-refractivity contribution in [2.45, 2.75) is 8.42 Å². The number of halogens is 1. The van der Waals surface area contributed by atoms with Gasteiger partial charge in [-0.15, -0.1) is 22.7 Å². The summed E-state index contributed by atoms with van der Waals surface area (Å²) in [7, 11) is -8.08. The Morgan fingerprint density at radius 1 is 0.789 bits per heavy atom. The number of carbonyl (C=O) groups is 2. The van der Waals surface area contributed by atoms with Crippen molar-refractivity contribution < 1.29 is 35.6 Å². The Morgan fingerprint density at radius 3 is 1.84 bits per heavy atom. The van der Waals surface area contributed by atoms with E-state index in [-0.39, 0.29) is 31.0 Å². The third kappa shape index (κ3) is 6.74. The first-order valence-electron chi connectivity index (χ1n) is 10.5. The van der Waals surface area contributed by atoms with Gasteiger partial charge in [0, 0.05) is 0 Å². The van der Waals surface area contributed by atoms with Gasteiger partial charge in [0.15, 0.2) is 6.61 Å². The lowest BCUT2D eigenvalue weighted by atomic mass is 10.2. The second-order valence-electron chi connectivity index (χ2n) is 7.48. The molecule has 15 heteroatoms. The van der Waals surface area contributed by atoms with Gasteiger partial charge in [-0.05, 0) is 53.2 Å². The summed E-state index contributed by atoms with van der Waals surface area (Å²) in [4.78, 5) is 24.9. The van der Waals surface area contributed by atoms with Crippen LogP contribution in [0.2, 0.25) is 0 Å². The van der Waals surface area contributed by atoms with Gasteiger partial charge in [-0.25, -0.2) is 26.0 Å². The average Bonchev–Trinajstić information content (AvgIpc) is 3.58. The highest BCUT2D eigenvalue weighted by Gasteiger charge is 2.21. The van der Waals surface area contributed by atoms with Crippen LogP contribution in [0.1, 0.15) is 10.4 Å². The van der Waals surface area contributed by atoms with E-state index in [1.165, 1.54) is 36.4 Å². The molecule has 0 saturated heterocycles. The zero-order valence-electron chi connectivity index (χ0n) is 19.1. The highest BCUT2D eigenvalue weighted by Crippen LogP contribution is 2.27. The van der Waals surface area contributed by atoms with Crippen LogP contribution in [0, 0.1) is 5.82 Å². The Labute approximate surface area is 225 Å². The van der Waals surface area contributed by atoms with Crippen molar-refractivity contribution in [3.8, 4) is 0 Å². The van der Waals surface area contributed by atoms with Crippen molar-refractivity contribution in [2.75, 3.05) is 21.4 Å². The predicted octanol–water partition coefficient (Wildman–Crippen LogP) is 4.35. The molecule has 0 aliphatic carbocycles. The number of amides is 1. The minimum Gasteiger partial charge on any atom is -0.452 e. The fourth-order valence-corrected chi connectivity index (χ4v) is 7.14. The third-order valence-electron chi connectivity index (χ3n) is 4.68. The van der Waals surface area contributed by atoms with Crippen LogP contribution in [-0.4, -0.2) is 35.3 Å². The lowest BCUT2D eigenvalue weighted by Crippen LogP contribution is -2.22. The van der Waals surface area contributed by atoms with Gasteiger partial charge in [0.25, 0.3) is 26.0 Å². The minimum absolute atomic E-state index is 0.00369. The summed E-state index contributed by atoms with van der Waals surface area (Å²) in [6.07, 6.45) is 0. The number of rotatable bonds is 10. The molecule has 198 valence electrons. The first kappa shape index (κ1) is 27.3. The molecular weight excluding hydrogens is 578 g/mol. The Morgan fingerprint density at radius 2 is 1.34 bits per heavy atom. The highest BCUT2D eigenvalue weighted by atomic mass is 32.3. The van der Waals surface area contributed by atoms with E-state index in [1.54, 1.807) is 22.9 Å². The number of sulfonamides is 2. The Kier molecular flexibility index (Phi) is 8.11. The van der Waals surface area contributed by atoms with Gasteiger partial charge in [0.2, 0.25) is 0 Å². The molecule has 2 aromatic heterocycles. The predicted molar refractivity (Wildman–Crippen MR) is 142 cm³/mol. The van der Waals surface area contributed by atoms with Crippen molar-refractivity contribution in [1.29, 1.82) is 0 Å². The number of esters is 1. The number of thiophene rings is 2. The zero-order valence-corrected chi connectivity index (χ0v) is 22.3. The second-order valence-corrected chi connectivity index (χ2v) is 13.2. The summed E-state index contributed by atoms with van der Waals surface area (Å²) < 4.78 is 74.2. The Hall–Kier alpha value is -3.79. The molecule has 0 aliphatic heterocycles. The molecule has 0 unspecified atom stereocenters. The van der Waals surface area contributed by atoms with Crippen molar-refractivity contribution in [3.63, 3.8) is 0 Å². The second kappa shape index (κ2) is 11.3. The van der Waals surface area contributed by atoms with Crippen molar-refractivity contribution >= 4 is 71.7 Å². The minimum atomic E-state index is -4.04. The van der Waals surface area contributed by atoms with E-state index >= 15 is 0 Å². The van der Waals surface area contributed by atoms with E-state index in [9.17, 15) is 30.8 Å². The summed E-state index contributed by atoms with van der Waals surface area (Å²) in [6.45, 7) is -0.783. The van der Waals surface area contributed by atoms with Crippen LogP contribution < -0.4 is 14.8 Å². The maximum Gasteiger partial charge on any atom is 0.338 e. The van der Waals surface area contributed by atoms with Gasteiger partial charge in [0.1, 0.15) is 14.2 Å². The van der Waals surface area contributed by atoms with E-state index < -0.39 is 44.3 Å². The smallest absolute Gasteiger partial charge is 0.338 e. The molecule has 0 bridgehead atoms. The molecule has 1 amide bonds. The normalized spacial score (nSPS) is 11.5. The summed E-state index contributed by atoms with van der Waals surface area (Å²) in [6, 6.07) is 14.7. The number of benzene rings is 2. The molecule has 4 aromatic rings. The van der Waals surface area contributed by atoms with E-state index in [2.05, 4.69) is 14.8 Å². The van der Waals surface area contributed by atoms with Crippen molar-refractivity contribution in [1.82, 2.24) is 0 Å². The topological polar surface area (TPSA) is 148 Å². The number of anilines is 3. The molecule has 0 atom stereocenters. The Balaban J connectivity index is 1.57. The maximum atomic E-state index is 13.7. The zero-order chi connectivity index (χ0) is 27.3. The molecule has 0 aliphatic rings. The SMILES string of the molecule is O=C(COC(=O)c1cc(NS(=O)(=O)c2cccs2)cc(NS(=O)(=O)c2cccs2)c1)Nc1ccccc1F. The van der Waals surface area contributed by atoms with Gasteiger partial charge in [-0.3, -0.25) is 14.2 Å². The summed E-state index contributed by atoms with van der Waals surface area (Å²) in [5, 5.41) is 5.39. The van der Waals surface area contributed by atoms with Gasteiger partial charge in [-0.1, -0.05) is 24.3 Å². The van der Waals surface area contributed by atoms with Crippen LogP contribution in [-0.2, 0) is 29.6 Å². The number of ether oxygens (including phenoxy) is 1. The van der Waals surface area contributed by atoms with Gasteiger partial charge in [-0.2, -0.15) is 0 Å². The lowest BCUT2D eigenvalue weighted by molar-refractivity contribution is -0.119. The van der Waals surface area contributed by atoms with Crippen LogP contribution in [0.3, 0.4) is 0 Å². The van der Waals surface area contributed by atoms with Gasteiger partial charge >= 0.3 is 5.97 Å². The van der Waals surface area contributed by atoms with E-state index in [0.29, 0.717) is 0 Å². The first-order valence-corrected chi connectivity index (χ1v) is 15.3. The number of hydrogen-bond acceptors (Lipinski definition) is 9. The molecule has 10 nitrogen and oxygen atoms in total. The third-order valence-corrected chi connectivity index (χ3v) is 10.2. The monoisotopic (exact) mass is 595 g/mol. The molecule has 38 heavy (non-hydrogen) atoms. The molecule has 0 fully saturated rings. The fraction of sp³-hybridized carbons (Fsp3) is 0.0435. The molecule has 2 heterocycles. The number of para-hydroxylation sites is 1. The molecule has 0 radical (unpaired) electrons. The molecule has 4 rings (SSSR count). The maximum absolute atomic E-state index is 13.7. The van der Waals surface area contributed by atoms with Crippen molar-refractivity contribution in [2.24, 2.45) is 0 Å². The van der Waals surface area contributed by atoms with E-state index in [4.69, 9.17) is 4.74 Å². The van der Waals surface area contributed by atoms with Crippen LogP contribution in [0.25, 0.3) is 0 Å². The number of carbonyl (C=O) groups excluding carboxylic acids is 2. The summed E-state index contributed by atoms with van der Waals surface area (Å²) in [5.41, 5.74) is -0.622. The fourth-order valence-electron chi connectivity index (χ4n) is 3.07. The lowest BCUT2D eigenvalue weighted by Gasteiger charge is -2.13. The first-order chi connectivity index (χ1) is 18.0. The summed E-state index contributed by atoms with van der Waals surface area (Å²) >= 11 is 1.92. The molecular formula is C23H18FN3O7S4. The van der Waals surface area contributed by atoms with E-state index in [0.717, 1.165) is 40.9 Å². The molecule has 0 spiro atoms. The van der Waals surface area contributed by atoms with Crippen LogP contribution in [0.5, 0.6) is 0 Å². The largest absolute Gasteiger partial charge is 0.452 e. The molecule has 3 N–H and O–H groups in total. The highest BCUT2D eigenvalue weighted by molar-refractivity contribution is 7.95. The average molecular weight is 596 g/mol. The number of nitrogens with one attached hydrogen (secondary N) is 3. The number of hydrogen-bond donors (Lipinski definition) is 3. The van der Waals surface area contributed by atoms with Gasteiger partial charge < -0.3 is 10.1 Å². The van der Waals surface area contributed by atoms with E-state index in [1.807, 2.05) is 0 Å². The molecule has 2 aromatic carbocycles.